The molecule has 0 fully saturated rings. The van der Waals surface area contributed by atoms with Crippen LogP contribution in [-0.2, 0) is 28.6 Å². The third-order valence-electron chi connectivity index (χ3n) is 12.7. The van der Waals surface area contributed by atoms with Gasteiger partial charge < -0.3 is 14.2 Å². The van der Waals surface area contributed by atoms with E-state index in [4.69, 9.17) is 14.2 Å². The molecule has 1 atom stereocenters. The van der Waals surface area contributed by atoms with Crippen molar-refractivity contribution in [1.82, 2.24) is 0 Å². The molecule has 0 aromatic rings. The van der Waals surface area contributed by atoms with Crippen LogP contribution in [-0.4, -0.2) is 37.2 Å². The van der Waals surface area contributed by atoms with Crippen molar-refractivity contribution in [3.63, 3.8) is 0 Å². The predicted molar refractivity (Wildman–Crippen MR) is 316 cm³/mol. The Morgan fingerprint density at radius 3 is 0.918 bits per heavy atom. The van der Waals surface area contributed by atoms with Gasteiger partial charge in [0.2, 0.25) is 0 Å². The molecule has 0 rings (SSSR count). The number of rotatable bonds is 54. The molecule has 0 amide bonds. The van der Waals surface area contributed by atoms with E-state index >= 15 is 0 Å². The Morgan fingerprint density at radius 2 is 0.534 bits per heavy atom. The molecule has 0 saturated heterocycles. The van der Waals surface area contributed by atoms with Gasteiger partial charge in [-0.25, -0.2) is 0 Å². The van der Waals surface area contributed by atoms with E-state index in [9.17, 15) is 14.4 Å². The van der Waals surface area contributed by atoms with Crippen molar-refractivity contribution in [2.24, 2.45) is 0 Å². The molecular formula is C67H112O6. The number of unbranched alkanes of at least 4 members (excludes halogenated alkanes) is 25. The van der Waals surface area contributed by atoms with Gasteiger partial charge in [-0.3, -0.25) is 14.4 Å². The van der Waals surface area contributed by atoms with Crippen molar-refractivity contribution in [3.8, 4) is 0 Å². The van der Waals surface area contributed by atoms with Crippen LogP contribution in [0.3, 0.4) is 0 Å². The van der Waals surface area contributed by atoms with Crippen molar-refractivity contribution >= 4 is 17.9 Å². The highest BCUT2D eigenvalue weighted by atomic mass is 16.6. The van der Waals surface area contributed by atoms with E-state index in [1.165, 1.54) is 128 Å². The first-order chi connectivity index (χ1) is 36.0. The van der Waals surface area contributed by atoms with Crippen molar-refractivity contribution in [3.05, 3.63) is 109 Å². The van der Waals surface area contributed by atoms with Crippen molar-refractivity contribution in [2.45, 2.75) is 284 Å². The first kappa shape index (κ1) is 69.1. The largest absolute Gasteiger partial charge is 0.462 e. The molecule has 0 aromatic carbocycles. The van der Waals surface area contributed by atoms with Gasteiger partial charge in [-0.2, -0.15) is 0 Å². The highest BCUT2D eigenvalue weighted by molar-refractivity contribution is 5.71. The van der Waals surface area contributed by atoms with Crippen LogP contribution in [0.4, 0.5) is 0 Å². The zero-order valence-electron chi connectivity index (χ0n) is 47.6. The van der Waals surface area contributed by atoms with Gasteiger partial charge in [0, 0.05) is 19.3 Å². The standard InChI is InChI=1S/C67H112O6/c1-4-7-10-13-16-19-22-25-28-30-32-33-35-36-39-42-45-48-51-54-57-60-66(69)72-63-64(62-71-65(68)59-56-53-50-47-44-41-38-27-24-21-18-15-12-9-6-3)73-67(70)61-58-55-52-49-46-43-40-37-34-31-29-26-23-20-17-14-11-8-5-2/h9,12,17-18,20-21,25-29,34,37-38,43-44,46-47,64H,4-8,10-11,13-16,19,22-24,30-33,35-36,39-42,45,48-63H2,1-3H3/b12-9-,20-17-,21-18-,28-25-,29-26-,37-34-,38-27-,46-43-,47-44-/t64-/m1/s1. The number of ether oxygens (including phenoxy) is 3. The summed E-state index contributed by atoms with van der Waals surface area (Å²) in [5.74, 6) is -0.977. The molecule has 0 radical (unpaired) electrons. The first-order valence-electron chi connectivity index (χ1n) is 30.4. The molecule has 0 heterocycles. The van der Waals surface area contributed by atoms with Crippen LogP contribution < -0.4 is 0 Å². The number of hydrogen-bond donors (Lipinski definition) is 0. The van der Waals surface area contributed by atoms with Crippen LogP contribution >= 0.6 is 0 Å². The van der Waals surface area contributed by atoms with E-state index in [0.29, 0.717) is 19.3 Å². The highest BCUT2D eigenvalue weighted by Gasteiger charge is 2.19. The van der Waals surface area contributed by atoms with Gasteiger partial charge in [0.1, 0.15) is 13.2 Å². The van der Waals surface area contributed by atoms with Gasteiger partial charge >= 0.3 is 17.9 Å². The molecule has 6 nitrogen and oxygen atoms in total. The van der Waals surface area contributed by atoms with Gasteiger partial charge in [0.05, 0.1) is 0 Å². The van der Waals surface area contributed by atoms with Crippen molar-refractivity contribution in [2.75, 3.05) is 13.2 Å². The van der Waals surface area contributed by atoms with Gasteiger partial charge in [-0.15, -0.1) is 0 Å². The Morgan fingerprint density at radius 1 is 0.288 bits per heavy atom. The Balaban J connectivity index is 4.47. The smallest absolute Gasteiger partial charge is 0.306 e. The molecule has 0 aliphatic carbocycles. The molecule has 0 aliphatic rings. The summed E-state index contributed by atoms with van der Waals surface area (Å²) in [6.45, 7) is 6.44. The van der Waals surface area contributed by atoms with Gasteiger partial charge in [0.25, 0.3) is 0 Å². The minimum atomic E-state index is -0.815. The molecule has 6 heteroatoms. The van der Waals surface area contributed by atoms with Crippen LogP contribution in [0, 0.1) is 0 Å². The number of carbonyl (C=O) groups is 3. The SMILES string of the molecule is CC/C=C\C/C=C\C/C=C\C/C=C\CCCCC(=O)OC[C@H](COC(=O)CCCCCCCCCCCCC/C=C\CCCCCCCC)OC(=O)CCCCC/C=C\C/C=C\C/C=C\C/C=C\CCCCC. The second-order valence-corrected chi connectivity index (χ2v) is 19.9. The Labute approximate surface area is 450 Å². The van der Waals surface area contributed by atoms with Crippen molar-refractivity contribution in [1.29, 1.82) is 0 Å². The highest BCUT2D eigenvalue weighted by Crippen LogP contribution is 2.15. The first-order valence-corrected chi connectivity index (χ1v) is 30.4. The van der Waals surface area contributed by atoms with E-state index in [2.05, 4.69) is 130 Å². The minimum Gasteiger partial charge on any atom is -0.462 e. The van der Waals surface area contributed by atoms with E-state index in [1.54, 1.807) is 0 Å². The fourth-order valence-corrected chi connectivity index (χ4v) is 8.18. The van der Waals surface area contributed by atoms with Gasteiger partial charge in [-0.1, -0.05) is 239 Å². The van der Waals surface area contributed by atoms with E-state index < -0.39 is 6.10 Å². The number of allylic oxidation sites excluding steroid dienone is 18. The van der Waals surface area contributed by atoms with Crippen LogP contribution in [0.2, 0.25) is 0 Å². The van der Waals surface area contributed by atoms with E-state index in [0.717, 1.165) is 103 Å². The minimum absolute atomic E-state index is 0.105. The van der Waals surface area contributed by atoms with Crippen molar-refractivity contribution < 1.29 is 28.6 Å². The lowest BCUT2D eigenvalue weighted by atomic mass is 10.0. The molecule has 0 aromatic heterocycles. The second kappa shape index (κ2) is 60.6. The molecule has 0 bridgehead atoms. The molecule has 0 aliphatic heterocycles. The molecule has 0 saturated carbocycles. The fraction of sp³-hybridized carbons (Fsp3) is 0.687. The van der Waals surface area contributed by atoms with Crippen LogP contribution in [0.25, 0.3) is 0 Å². The fourth-order valence-electron chi connectivity index (χ4n) is 8.18. The monoisotopic (exact) mass is 1010 g/mol. The summed E-state index contributed by atoms with van der Waals surface area (Å²) in [7, 11) is 0. The number of esters is 3. The van der Waals surface area contributed by atoms with Crippen LogP contribution in [0.5, 0.6) is 0 Å². The summed E-state index contributed by atoms with van der Waals surface area (Å²) in [6, 6.07) is 0. The summed E-state index contributed by atoms with van der Waals surface area (Å²) in [6.07, 6.45) is 82.3. The molecule has 0 N–H and O–H groups in total. The lowest BCUT2D eigenvalue weighted by Crippen LogP contribution is -2.30. The Hall–Kier alpha value is -3.93. The summed E-state index contributed by atoms with van der Waals surface area (Å²) >= 11 is 0. The molecular weight excluding hydrogens is 901 g/mol. The molecule has 0 unspecified atom stereocenters. The third-order valence-corrected chi connectivity index (χ3v) is 12.7. The molecule has 0 spiro atoms. The summed E-state index contributed by atoms with van der Waals surface area (Å²) < 4.78 is 16.8. The van der Waals surface area contributed by atoms with Gasteiger partial charge in [0.15, 0.2) is 6.10 Å². The van der Waals surface area contributed by atoms with Gasteiger partial charge in [-0.05, 0) is 128 Å². The Kier molecular flexibility index (Phi) is 57.4. The lowest BCUT2D eigenvalue weighted by Gasteiger charge is -2.18. The van der Waals surface area contributed by atoms with Crippen LogP contribution in [0.15, 0.2) is 109 Å². The summed E-state index contributed by atoms with van der Waals surface area (Å²) in [4.78, 5) is 38.2. The summed E-state index contributed by atoms with van der Waals surface area (Å²) in [5.41, 5.74) is 0. The van der Waals surface area contributed by atoms with Crippen LogP contribution in [0.1, 0.15) is 278 Å². The summed E-state index contributed by atoms with van der Waals surface area (Å²) in [5, 5.41) is 0. The predicted octanol–water partition coefficient (Wildman–Crippen LogP) is 20.7. The quantitative estimate of drug-likeness (QED) is 0.0261. The number of carbonyl (C=O) groups excluding carboxylic acids is 3. The third kappa shape index (κ3) is 58.8. The lowest BCUT2D eigenvalue weighted by molar-refractivity contribution is -0.167. The zero-order valence-corrected chi connectivity index (χ0v) is 47.6. The maximum atomic E-state index is 12.9. The maximum absolute atomic E-state index is 12.9. The van der Waals surface area contributed by atoms with E-state index in [-0.39, 0.29) is 37.5 Å². The maximum Gasteiger partial charge on any atom is 0.306 e. The normalized spacial score (nSPS) is 12.9. The molecule has 73 heavy (non-hydrogen) atoms. The Bertz CT molecular complexity index is 1490. The van der Waals surface area contributed by atoms with E-state index in [1.807, 2.05) is 0 Å². The zero-order chi connectivity index (χ0) is 52.9. The average molecular weight is 1010 g/mol. The molecule has 416 valence electrons. The number of hydrogen-bond acceptors (Lipinski definition) is 6. The average Bonchev–Trinajstić information content (AvgIpc) is 3.39. The second-order valence-electron chi connectivity index (χ2n) is 19.9. The topological polar surface area (TPSA) is 78.9 Å².